The van der Waals surface area contributed by atoms with Gasteiger partial charge in [-0.1, -0.05) is 49.2 Å². The Morgan fingerprint density at radius 1 is 1.05 bits per heavy atom. The van der Waals surface area contributed by atoms with Gasteiger partial charge in [0.05, 0.1) is 23.3 Å². The molecule has 2 amide bonds. The largest absolute Gasteiger partial charge is 0.496 e. The molecule has 8 heteroatoms. The highest BCUT2D eigenvalue weighted by Crippen LogP contribution is 2.39. The summed E-state index contributed by atoms with van der Waals surface area (Å²) in [7, 11) is 1.51. The fourth-order valence-corrected chi connectivity index (χ4v) is 5.26. The van der Waals surface area contributed by atoms with Gasteiger partial charge in [-0.2, -0.15) is 0 Å². The van der Waals surface area contributed by atoms with Crippen molar-refractivity contribution in [3.05, 3.63) is 87.4 Å². The number of methoxy groups -OCH3 is 1. The van der Waals surface area contributed by atoms with Gasteiger partial charge in [0, 0.05) is 35.1 Å². The predicted octanol–water partition coefficient (Wildman–Crippen LogP) is 7.17. The van der Waals surface area contributed by atoms with E-state index >= 15 is 0 Å². The molecule has 3 aromatic rings. The molecule has 0 aliphatic carbocycles. The third-order valence-corrected chi connectivity index (χ3v) is 7.32. The van der Waals surface area contributed by atoms with Crippen LogP contribution in [0.3, 0.4) is 0 Å². The molecular formula is C30H33Cl2N3O3. The summed E-state index contributed by atoms with van der Waals surface area (Å²) in [5.74, 6) is 0.185. The van der Waals surface area contributed by atoms with Crippen molar-refractivity contribution in [3.8, 4) is 5.75 Å². The number of anilines is 2. The normalized spacial score (nSPS) is 15.1. The number of ether oxygens (including phenoxy) is 1. The van der Waals surface area contributed by atoms with E-state index in [1.165, 1.54) is 7.11 Å². The average molecular weight is 555 g/mol. The van der Waals surface area contributed by atoms with E-state index in [2.05, 4.69) is 24.5 Å². The number of hydrogen-bond donors (Lipinski definition) is 2. The summed E-state index contributed by atoms with van der Waals surface area (Å²) in [6.45, 7) is 5.77. The SMILES string of the molecule is COc1cc(NC(=O)c2ccccc2Cl)ccc1C(=O)N1CCCC(CCNC(C)C)c2cc(Cl)ccc21. The second-order valence-electron chi connectivity index (χ2n) is 9.75. The molecule has 3 aromatic carbocycles. The molecule has 1 unspecified atom stereocenters. The molecule has 0 radical (unpaired) electrons. The zero-order valence-corrected chi connectivity index (χ0v) is 23.4. The van der Waals surface area contributed by atoms with Gasteiger partial charge in [0.1, 0.15) is 5.75 Å². The van der Waals surface area contributed by atoms with Gasteiger partial charge in [0.2, 0.25) is 0 Å². The molecule has 6 nitrogen and oxygen atoms in total. The Balaban J connectivity index is 1.59. The number of nitrogens with zero attached hydrogens (tertiary/aromatic N) is 1. The maximum Gasteiger partial charge on any atom is 0.262 e. The fraction of sp³-hybridized carbons (Fsp3) is 0.333. The number of carbonyl (C=O) groups excluding carboxylic acids is 2. The first kappa shape index (κ1) is 28.0. The fourth-order valence-electron chi connectivity index (χ4n) is 4.86. The predicted molar refractivity (Wildman–Crippen MR) is 155 cm³/mol. The van der Waals surface area contributed by atoms with E-state index in [4.69, 9.17) is 27.9 Å². The number of rotatable bonds is 8. The minimum Gasteiger partial charge on any atom is -0.496 e. The quantitative estimate of drug-likeness (QED) is 0.310. The van der Waals surface area contributed by atoms with E-state index in [1.807, 2.05) is 23.1 Å². The average Bonchev–Trinajstić information content (AvgIpc) is 3.07. The number of amides is 2. The van der Waals surface area contributed by atoms with Crippen LogP contribution in [0.5, 0.6) is 5.75 Å². The molecule has 38 heavy (non-hydrogen) atoms. The molecule has 0 saturated carbocycles. The molecule has 0 aromatic heterocycles. The van der Waals surface area contributed by atoms with Gasteiger partial charge in [0.25, 0.3) is 11.8 Å². The van der Waals surface area contributed by atoms with E-state index in [1.54, 1.807) is 42.5 Å². The van der Waals surface area contributed by atoms with Crippen LogP contribution in [0.2, 0.25) is 10.0 Å². The van der Waals surface area contributed by atoms with E-state index in [-0.39, 0.29) is 11.8 Å². The summed E-state index contributed by atoms with van der Waals surface area (Å²) in [5, 5.41) is 7.36. The third-order valence-electron chi connectivity index (χ3n) is 6.75. The van der Waals surface area contributed by atoms with Crippen LogP contribution in [0.4, 0.5) is 11.4 Å². The van der Waals surface area contributed by atoms with E-state index in [0.29, 0.717) is 51.1 Å². The van der Waals surface area contributed by atoms with Gasteiger partial charge in [-0.25, -0.2) is 0 Å². The first-order valence-electron chi connectivity index (χ1n) is 12.9. The van der Waals surface area contributed by atoms with Crippen molar-refractivity contribution in [1.29, 1.82) is 0 Å². The van der Waals surface area contributed by atoms with Crippen LogP contribution in [-0.2, 0) is 0 Å². The highest BCUT2D eigenvalue weighted by molar-refractivity contribution is 6.34. The van der Waals surface area contributed by atoms with Gasteiger partial charge in [0.15, 0.2) is 0 Å². The summed E-state index contributed by atoms with van der Waals surface area (Å²) in [4.78, 5) is 28.4. The maximum atomic E-state index is 13.9. The van der Waals surface area contributed by atoms with Crippen molar-refractivity contribution in [2.45, 2.75) is 45.1 Å². The summed E-state index contributed by atoms with van der Waals surface area (Å²) in [5.41, 5.74) is 3.26. The molecule has 1 aliphatic heterocycles. The van der Waals surface area contributed by atoms with Crippen LogP contribution in [0.15, 0.2) is 60.7 Å². The second kappa shape index (κ2) is 12.7. The van der Waals surface area contributed by atoms with Crippen LogP contribution in [-0.4, -0.2) is 38.1 Å². The van der Waals surface area contributed by atoms with Crippen molar-refractivity contribution in [3.63, 3.8) is 0 Å². The molecule has 0 bridgehead atoms. The number of fused-ring (bicyclic) bond motifs is 1. The van der Waals surface area contributed by atoms with Crippen LogP contribution in [0.25, 0.3) is 0 Å². The van der Waals surface area contributed by atoms with Gasteiger partial charge < -0.3 is 20.3 Å². The van der Waals surface area contributed by atoms with Gasteiger partial charge in [-0.15, -0.1) is 0 Å². The van der Waals surface area contributed by atoms with Crippen molar-refractivity contribution >= 4 is 46.4 Å². The van der Waals surface area contributed by atoms with E-state index in [0.717, 1.165) is 37.1 Å². The number of halogens is 2. The summed E-state index contributed by atoms with van der Waals surface area (Å²) in [6.07, 6.45) is 2.82. The highest BCUT2D eigenvalue weighted by Gasteiger charge is 2.29. The molecule has 4 rings (SSSR count). The standard InChI is InChI=1S/C30H33Cl2N3O3/c1-19(2)33-15-14-20-7-6-16-35(27-13-10-21(31)17-25(20)27)30(37)24-12-11-22(18-28(24)38-3)34-29(36)23-8-4-5-9-26(23)32/h4-5,8-13,17-20,33H,6-7,14-16H2,1-3H3,(H,34,36). The molecule has 1 aliphatic rings. The maximum absolute atomic E-state index is 13.9. The van der Waals surface area contributed by atoms with Crippen molar-refractivity contribution in [2.24, 2.45) is 0 Å². The monoisotopic (exact) mass is 553 g/mol. The number of carbonyl (C=O) groups is 2. The smallest absolute Gasteiger partial charge is 0.262 e. The Hall–Kier alpha value is -3.06. The number of benzene rings is 3. The molecule has 0 saturated heterocycles. The van der Waals surface area contributed by atoms with Crippen LogP contribution in [0, 0.1) is 0 Å². The lowest BCUT2D eigenvalue weighted by Crippen LogP contribution is -2.32. The van der Waals surface area contributed by atoms with Crippen LogP contribution < -0.4 is 20.3 Å². The topological polar surface area (TPSA) is 70.7 Å². The third kappa shape index (κ3) is 6.49. The molecule has 200 valence electrons. The van der Waals surface area contributed by atoms with Crippen molar-refractivity contribution in [1.82, 2.24) is 5.32 Å². The first-order valence-corrected chi connectivity index (χ1v) is 13.6. The van der Waals surface area contributed by atoms with Crippen molar-refractivity contribution in [2.75, 3.05) is 30.4 Å². The minimum absolute atomic E-state index is 0.157. The Kier molecular flexibility index (Phi) is 9.31. The number of nitrogens with one attached hydrogen (secondary N) is 2. The molecule has 0 spiro atoms. The molecule has 2 N–H and O–H groups in total. The van der Waals surface area contributed by atoms with E-state index in [9.17, 15) is 9.59 Å². The Morgan fingerprint density at radius 2 is 1.84 bits per heavy atom. The Labute approximate surface area is 234 Å². The molecular weight excluding hydrogens is 521 g/mol. The summed E-state index contributed by atoms with van der Waals surface area (Å²) in [6, 6.07) is 18.1. The lowest BCUT2D eigenvalue weighted by Gasteiger charge is -2.25. The lowest BCUT2D eigenvalue weighted by molar-refractivity contribution is 0.0983. The molecule has 1 heterocycles. The molecule has 0 fully saturated rings. The zero-order chi connectivity index (χ0) is 27.2. The van der Waals surface area contributed by atoms with Crippen molar-refractivity contribution < 1.29 is 14.3 Å². The Bertz CT molecular complexity index is 1310. The number of hydrogen-bond acceptors (Lipinski definition) is 4. The summed E-state index contributed by atoms with van der Waals surface area (Å²) < 4.78 is 5.59. The Morgan fingerprint density at radius 3 is 2.58 bits per heavy atom. The second-order valence-corrected chi connectivity index (χ2v) is 10.6. The summed E-state index contributed by atoms with van der Waals surface area (Å²) >= 11 is 12.6. The zero-order valence-electron chi connectivity index (χ0n) is 21.9. The first-order chi connectivity index (χ1) is 18.3. The highest BCUT2D eigenvalue weighted by atomic mass is 35.5. The van der Waals surface area contributed by atoms with Gasteiger partial charge in [-0.05, 0) is 79.8 Å². The van der Waals surface area contributed by atoms with Crippen LogP contribution >= 0.6 is 23.2 Å². The van der Waals surface area contributed by atoms with Gasteiger partial charge >= 0.3 is 0 Å². The van der Waals surface area contributed by atoms with Gasteiger partial charge in [-0.3, -0.25) is 9.59 Å². The van der Waals surface area contributed by atoms with Crippen LogP contribution in [0.1, 0.15) is 65.3 Å². The molecule has 1 atom stereocenters. The van der Waals surface area contributed by atoms with E-state index < -0.39 is 0 Å². The minimum atomic E-state index is -0.340. The lowest BCUT2D eigenvalue weighted by atomic mass is 9.91.